The number of nitrogens with one attached hydrogen (secondary N) is 1. The summed E-state index contributed by atoms with van der Waals surface area (Å²) in [4.78, 5) is 13.4. The second-order valence-electron chi connectivity index (χ2n) is 4.00. The summed E-state index contributed by atoms with van der Waals surface area (Å²) in [6.07, 6.45) is 3.65. The van der Waals surface area contributed by atoms with E-state index in [1.807, 2.05) is 0 Å². The van der Waals surface area contributed by atoms with Crippen molar-refractivity contribution < 1.29 is 9.53 Å². The van der Waals surface area contributed by atoms with Crippen LogP contribution in [-0.2, 0) is 9.53 Å². The molecule has 0 aromatic heterocycles. The van der Waals surface area contributed by atoms with E-state index in [1.54, 1.807) is 0 Å². The lowest BCUT2D eigenvalue weighted by Gasteiger charge is -2.34. The Morgan fingerprint density at radius 3 is 3.00 bits per heavy atom. The molecule has 0 saturated carbocycles. The van der Waals surface area contributed by atoms with Crippen molar-refractivity contribution in [1.82, 2.24) is 10.2 Å². The number of methoxy groups -OCH3 is 1. The third-order valence-electron chi connectivity index (χ3n) is 2.94. The van der Waals surface area contributed by atoms with E-state index in [0.717, 1.165) is 19.6 Å². The van der Waals surface area contributed by atoms with Gasteiger partial charge in [0.25, 0.3) is 0 Å². The van der Waals surface area contributed by atoms with E-state index < -0.39 is 0 Å². The molecule has 1 fully saturated rings. The third kappa shape index (κ3) is 4.18. The molecule has 1 atom stereocenters. The van der Waals surface area contributed by atoms with E-state index in [2.05, 4.69) is 17.1 Å². The fraction of sp³-hybridized carbons (Fsp3) is 0.909. The van der Waals surface area contributed by atoms with Crippen molar-refractivity contribution >= 4 is 5.97 Å². The molecule has 0 aliphatic carbocycles. The normalized spacial score (nSPS) is 22.7. The summed E-state index contributed by atoms with van der Waals surface area (Å²) in [6, 6.07) is 0.498. The highest BCUT2D eigenvalue weighted by Crippen LogP contribution is 2.16. The molecule has 1 rings (SSSR count). The summed E-state index contributed by atoms with van der Waals surface area (Å²) in [5, 5.41) is 3.35. The first kappa shape index (κ1) is 12.5. The minimum Gasteiger partial charge on any atom is -0.468 e. The van der Waals surface area contributed by atoms with Gasteiger partial charge in [-0.25, -0.2) is 0 Å². The van der Waals surface area contributed by atoms with Gasteiger partial charge in [-0.05, 0) is 25.9 Å². The molecule has 4 nitrogen and oxygen atoms in total. The van der Waals surface area contributed by atoms with Crippen molar-refractivity contribution in [3.05, 3.63) is 0 Å². The third-order valence-corrected chi connectivity index (χ3v) is 2.94. The molecule has 0 aromatic carbocycles. The molecular weight excluding hydrogens is 192 g/mol. The van der Waals surface area contributed by atoms with Gasteiger partial charge in [0.15, 0.2) is 0 Å². The molecular formula is C11H22N2O2. The van der Waals surface area contributed by atoms with Crippen LogP contribution in [0.1, 0.15) is 26.2 Å². The van der Waals surface area contributed by atoms with Gasteiger partial charge in [-0.2, -0.15) is 0 Å². The second-order valence-corrected chi connectivity index (χ2v) is 4.00. The van der Waals surface area contributed by atoms with E-state index in [4.69, 9.17) is 4.74 Å². The van der Waals surface area contributed by atoms with Crippen LogP contribution in [0.3, 0.4) is 0 Å². The van der Waals surface area contributed by atoms with Gasteiger partial charge in [0.2, 0.25) is 0 Å². The Morgan fingerprint density at radius 1 is 1.53 bits per heavy atom. The highest BCUT2D eigenvalue weighted by atomic mass is 16.5. The first-order chi connectivity index (χ1) is 7.27. The van der Waals surface area contributed by atoms with E-state index in [-0.39, 0.29) is 5.97 Å². The quantitative estimate of drug-likeness (QED) is 0.681. The maximum Gasteiger partial charge on any atom is 0.319 e. The molecule has 0 amide bonds. The molecule has 0 bridgehead atoms. The maximum absolute atomic E-state index is 11.2. The number of hydrogen-bond acceptors (Lipinski definition) is 4. The Hall–Kier alpha value is -0.610. The van der Waals surface area contributed by atoms with Crippen LogP contribution in [-0.4, -0.2) is 50.2 Å². The van der Waals surface area contributed by atoms with Crippen LogP contribution in [0.15, 0.2) is 0 Å². The van der Waals surface area contributed by atoms with Crippen LogP contribution in [0.4, 0.5) is 0 Å². The van der Waals surface area contributed by atoms with Gasteiger partial charge in [-0.3, -0.25) is 9.69 Å². The number of nitrogens with zero attached hydrogens (tertiary/aromatic N) is 1. The van der Waals surface area contributed by atoms with Crippen molar-refractivity contribution in [1.29, 1.82) is 0 Å². The number of likely N-dealkylation sites (tertiary alicyclic amines) is 1. The maximum atomic E-state index is 11.2. The van der Waals surface area contributed by atoms with Gasteiger partial charge >= 0.3 is 5.97 Å². The van der Waals surface area contributed by atoms with E-state index in [1.165, 1.54) is 26.4 Å². The van der Waals surface area contributed by atoms with Crippen molar-refractivity contribution in [3.63, 3.8) is 0 Å². The standard InChI is InChI=1S/C11H22N2O2/c1-3-12-8-10-6-4-5-7-13(10)9-11(14)15-2/h10,12H,3-9H2,1-2H3. The smallest absolute Gasteiger partial charge is 0.319 e. The molecule has 4 heteroatoms. The Labute approximate surface area is 92.0 Å². The molecule has 0 spiro atoms. The van der Waals surface area contributed by atoms with Crippen LogP contribution in [0, 0.1) is 0 Å². The zero-order valence-corrected chi connectivity index (χ0v) is 9.79. The van der Waals surface area contributed by atoms with Gasteiger partial charge in [-0.15, -0.1) is 0 Å². The summed E-state index contributed by atoms with van der Waals surface area (Å²) >= 11 is 0. The number of carbonyl (C=O) groups is 1. The number of rotatable bonds is 5. The largest absolute Gasteiger partial charge is 0.468 e. The molecule has 1 saturated heterocycles. The summed E-state index contributed by atoms with van der Waals surface area (Å²) in [5.41, 5.74) is 0. The average molecular weight is 214 g/mol. The number of hydrogen-bond donors (Lipinski definition) is 1. The molecule has 15 heavy (non-hydrogen) atoms. The first-order valence-electron chi connectivity index (χ1n) is 5.79. The fourth-order valence-electron chi connectivity index (χ4n) is 2.04. The number of carbonyl (C=O) groups excluding carboxylic acids is 1. The van der Waals surface area contributed by atoms with Crippen LogP contribution in [0.5, 0.6) is 0 Å². The molecule has 1 aliphatic heterocycles. The van der Waals surface area contributed by atoms with Crippen molar-refractivity contribution in [2.45, 2.75) is 32.2 Å². The fourth-order valence-corrected chi connectivity index (χ4v) is 2.04. The summed E-state index contributed by atoms with van der Waals surface area (Å²) < 4.78 is 4.70. The summed E-state index contributed by atoms with van der Waals surface area (Å²) in [7, 11) is 1.45. The number of likely N-dealkylation sites (N-methyl/N-ethyl adjacent to an activating group) is 1. The Morgan fingerprint density at radius 2 is 2.33 bits per heavy atom. The SMILES string of the molecule is CCNCC1CCCCN1CC(=O)OC. The van der Waals surface area contributed by atoms with Gasteiger partial charge in [0, 0.05) is 12.6 Å². The van der Waals surface area contributed by atoms with Crippen LogP contribution in [0.2, 0.25) is 0 Å². The number of ether oxygens (including phenoxy) is 1. The lowest BCUT2D eigenvalue weighted by Crippen LogP contribution is -2.47. The number of esters is 1. The van der Waals surface area contributed by atoms with Crippen molar-refractivity contribution in [3.8, 4) is 0 Å². The van der Waals surface area contributed by atoms with E-state index in [0.29, 0.717) is 12.6 Å². The second kappa shape index (κ2) is 6.80. The zero-order chi connectivity index (χ0) is 11.1. The lowest BCUT2D eigenvalue weighted by atomic mass is 10.0. The molecule has 88 valence electrons. The van der Waals surface area contributed by atoms with Gasteiger partial charge in [0.1, 0.15) is 0 Å². The minimum absolute atomic E-state index is 0.126. The molecule has 0 aromatic rings. The predicted molar refractivity (Wildman–Crippen MR) is 59.8 cm³/mol. The van der Waals surface area contributed by atoms with E-state index >= 15 is 0 Å². The number of piperidine rings is 1. The first-order valence-corrected chi connectivity index (χ1v) is 5.79. The van der Waals surface area contributed by atoms with Crippen molar-refractivity contribution in [2.75, 3.05) is 33.3 Å². The van der Waals surface area contributed by atoms with Crippen LogP contribution in [0.25, 0.3) is 0 Å². The molecule has 1 heterocycles. The Bertz CT molecular complexity index is 197. The Balaban J connectivity index is 2.38. The monoisotopic (exact) mass is 214 g/mol. The van der Waals surface area contributed by atoms with E-state index in [9.17, 15) is 4.79 Å². The lowest BCUT2D eigenvalue weighted by molar-refractivity contribution is -0.142. The van der Waals surface area contributed by atoms with Gasteiger partial charge in [-0.1, -0.05) is 13.3 Å². The molecule has 1 N–H and O–H groups in total. The van der Waals surface area contributed by atoms with Gasteiger partial charge < -0.3 is 10.1 Å². The molecule has 1 unspecified atom stereocenters. The summed E-state index contributed by atoms with van der Waals surface area (Å²) in [6.45, 7) is 5.53. The van der Waals surface area contributed by atoms with Crippen LogP contribution < -0.4 is 5.32 Å². The minimum atomic E-state index is -0.126. The molecule has 1 aliphatic rings. The topological polar surface area (TPSA) is 41.6 Å². The van der Waals surface area contributed by atoms with Crippen LogP contribution >= 0.6 is 0 Å². The van der Waals surface area contributed by atoms with Crippen molar-refractivity contribution in [2.24, 2.45) is 0 Å². The Kier molecular flexibility index (Phi) is 5.65. The highest BCUT2D eigenvalue weighted by Gasteiger charge is 2.23. The average Bonchev–Trinajstić information content (AvgIpc) is 2.28. The highest BCUT2D eigenvalue weighted by molar-refractivity contribution is 5.71. The van der Waals surface area contributed by atoms with Gasteiger partial charge in [0.05, 0.1) is 13.7 Å². The zero-order valence-electron chi connectivity index (χ0n) is 9.79. The summed E-state index contributed by atoms with van der Waals surface area (Å²) in [5.74, 6) is -0.126. The predicted octanol–water partition coefficient (Wildman–Crippen LogP) is 0.623. The molecule has 0 radical (unpaired) electrons.